The molecule has 0 saturated heterocycles. The van der Waals surface area contributed by atoms with Crippen molar-refractivity contribution >= 4 is 33.6 Å². The van der Waals surface area contributed by atoms with Gasteiger partial charge in [0.25, 0.3) is 0 Å². The monoisotopic (exact) mass is 355 g/mol. The van der Waals surface area contributed by atoms with E-state index in [4.69, 9.17) is 0 Å². The van der Waals surface area contributed by atoms with Crippen molar-refractivity contribution < 1.29 is 4.79 Å². The van der Waals surface area contributed by atoms with Crippen LogP contribution >= 0.6 is 27.7 Å². The number of rotatable bonds is 4. The third kappa shape index (κ3) is 4.52. The third-order valence-electron chi connectivity index (χ3n) is 3.79. The Bertz CT molecular complexity index is 484. The Labute approximate surface area is 134 Å². The third-order valence-corrected chi connectivity index (χ3v) is 5.80. The van der Waals surface area contributed by atoms with Crippen LogP contribution in [0.5, 0.6) is 0 Å². The van der Waals surface area contributed by atoms with Crippen molar-refractivity contribution in [1.82, 2.24) is 5.32 Å². The number of hydrogen-bond acceptors (Lipinski definition) is 2. The standard InChI is InChI=1S/C16H22BrNOS/c1-11-9-15(12(2)8-14(11)17)20-10-16(19)18-13-6-4-3-5-7-13/h8-9,13H,3-7,10H2,1-2H3,(H,18,19). The SMILES string of the molecule is Cc1cc(SCC(=O)NC2CCCCC2)c(C)cc1Br. The lowest BCUT2D eigenvalue weighted by Crippen LogP contribution is -2.37. The van der Waals surface area contributed by atoms with E-state index in [0.29, 0.717) is 11.8 Å². The minimum Gasteiger partial charge on any atom is -0.353 e. The Morgan fingerprint density at radius 1 is 1.25 bits per heavy atom. The predicted octanol–water partition coefficient (Wildman–Crippen LogP) is 4.61. The Morgan fingerprint density at radius 2 is 1.95 bits per heavy atom. The molecular formula is C16H22BrNOS. The van der Waals surface area contributed by atoms with E-state index in [-0.39, 0.29) is 5.91 Å². The lowest BCUT2D eigenvalue weighted by Gasteiger charge is -2.22. The van der Waals surface area contributed by atoms with Gasteiger partial charge in [-0.25, -0.2) is 0 Å². The molecule has 1 aliphatic rings. The van der Waals surface area contributed by atoms with Gasteiger partial charge < -0.3 is 5.32 Å². The minimum absolute atomic E-state index is 0.168. The van der Waals surface area contributed by atoms with Gasteiger partial charge in [0.1, 0.15) is 0 Å². The molecular weight excluding hydrogens is 334 g/mol. The van der Waals surface area contributed by atoms with Crippen molar-refractivity contribution in [2.75, 3.05) is 5.75 Å². The Balaban J connectivity index is 1.85. The van der Waals surface area contributed by atoms with Crippen LogP contribution in [0.3, 0.4) is 0 Å². The quantitative estimate of drug-likeness (QED) is 0.799. The lowest BCUT2D eigenvalue weighted by atomic mass is 9.95. The van der Waals surface area contributed by atoms with Crippen LogP contribution in [-0.4, -0.2) is 17.7 Å². The van der Waals surface area contributed by atoms with Crippen LogP contribution < -0.4 is 5.32 Å². The predicted molar refractivity (Wildman–Crippen MR) is 89.4 cm³/mol. The molecule has 1 aromatic rings. The van der Waals surface area contributed by atoms with E-state index < -0.39 is 0 Å². The molecule has 110 valence electrons. The first-order valence-electron chi connectivity index (χ1n) is 7.25. The van der Waals surface area contributed by atoms with E-state index >= 15 is 0 Å². The number of thioether (sulfide) groups is 1. The summed E-state index contributed by atoms with van der Waals surface area (Å²) in [5.74, 6) is 0.681. The van der Waals surface area contributed by atoms with E-state index in [0.717, 1.165) is 17.3 Å². The summed E-state index contributed by atoms with van der Waals surface area (Å²) in [7, 11) is 0. The molecule has 2 nitrogen and oxygen atoms in total. The van der Waals surface area contributed by atoms with Crippen molar-refractivity contribution in [3.63, 3.8) is 0 Å². The summed E-state index contributed by atoms with van der Waals surface area (Å²) in [5.41, 5.74) is 2.43. The highest BCUT2D eigenvalue weighted by molar-refractivity contribution is 9.10. The van der Waals surface area contributed by atoms with Gasteiger partial charge in [-0.05, 0) is 49.9 Å². The van der Waals surface area contributed by atoms with Crippen LogP contribution in [0.4, 0.5) is 0 Å². The first-order chi connectivity index (χ1) is 9.56. The van der Waals surface area contributed by atoms with Crippen LogP contribution in [0.1, 0.15) is 43.2 Å². The molecule has 0 radical (unpaired) electrons. The largest absolute Gasteiger partial charge is 0.353 e. The molecule has 0 aromatic heterocycles. The second-order valence-electron chi connectivity index (χ2n) is 5.56. The molecule has 1 N–H and O–H groups in total. The summed E-state index contributed by atoms with van der Waals surface area (Å²) in [5, 5.41) is 3.17. The molecule has 0 spiro atoms. The smallest absolute Gasteiger partial charge is 0.230 e. The van der Waals surface area contributed by atoms with Crippen LogP contribution in [-0.2, 0) is 4.79 Å². The number of nitrogens with one attached hydrogen (secondary N) is 1. The van der Waals surface area contributed by atoms with Gasteiger partial charge in [-0.3, -0.25) is 4.79 Å². The number of amides is 1. The van der Waals surface area contributed by atoms with Gasteiger partial charge in [0, 0.05) is 15.4 Å². The second-order valence-corrected chi connectivity index (χ2v) is 7.43. The molecule has 0 aliphatic heterocycles. The van der Waals surface area contributed by atoms with Gasteiger partial charge in [-0.2, -0.15) is 0 Å². The molecule has 1 fully saturated rings. The summed E-state index contributed by atoms with van der Waals surface area (Å²) in [6.07, 6.45) is 6.12. The molecule has 4 heteroatoms. The number of carbonyl (C=O) groups is 1. The van der Waals surface area contributed by atoms with Gasteiger partial charge in [0.2, 0.25) is 5.91 Å². The number of carbonyl (C=O) groups excluding carboxylic acids is 1. The Hall–Kier alpha value is -0.480. The van der Waals surface area contributed by atoms with E-state index in [9.17, 15) is 4.79 Å². The molecule has 1 saturated carbocycles. The number of benzene rings is 1. The first kappa shape index (κ1) is 15.9. The molecule has 0 heterocycles. The maximum Gasteiger partial charge on any atom is 0.230 e. The zero-order valence-corrected chi connectivity index (χ0v) is 14.6. The highest BCUT2D eigenvalue weighted by atomic mass is 79.9. The summed E-state index contributed by atoms with van der Waals surface area (Å²) in [6.45, 7) is 4.17. The molecule has 0 unspecified atom stereocenters. The second kappa shape index (κ2) is 7.51. The van der Waals surface area contributed by atoms with Crippen LogP contribution in [0.2, 0.25) is 0 Å². The van der Waals surface area contributed by atoms with Crippen molar-refractivity contribution in [3.05, 3.63) is 27.7 Å². The van der Waals surface area contributed by atoms with E-state index in [1.54, 1.807) is 11.8 Å². The highest BCUT2D eigenvalue weighted by Gasteiger charge is 2.15. The molecule has 1 amide bonds. The molecule has 0 bridgehead atoms. The maximum atomic E-state index is 12.0. The molecule has 0 atom stereocenters. The van der Waals surface area contributed by atoms with Gasteiger partial charge in [0.05, 0.1) is 5.75 Å². The highest BCUT2D eigenvalue weighted by Crippen LogP contribution is 2.28. The zero-order valence-electron chi connectivity index (χ0n) is 12.2. The summed E-state index contributed by atoms with van der Waals surface area (Å²) >= 11 is 5.17. The average molecular weight is 356 g/mol. The molecule has 20 heavy (non-hydrogen) atoms. The molecule has 1 aliphatic carbocycles. The lowest BCUT2D eigenvalue weighted by molar-refractivity contribution is -0.119. The fourth-order valence-corrected chi connectivity index (χ4v) is 3.94. The van der Waals surface area contributed by atoms with Crippen molar-refractivity contribution in [2.45, 2.75) is 56.9 Å². The van der Waals surface area contributed by atoms with E-state index in [1.807, 2.05) is 0 Å². The van der Waals surface area contributed by atoms with Crippen LogP contribution in [0.25, 0.3) is 0 Å². The normalized spacial score (nSPS) is 16.1. The van der Waals surface area contributed by atoms with Gasteiger partial charge >= 0.3 is 0 Å². The Morgan fingerprint density at radius 3 is 2.65 bits per heavy atom. The number of hydrogen-bond donors (Lipinski definition) is 1. The molecule has 1 aromatic carbocycles. The van der Waals surface area contributed by atoms with E-state index in [2.05, 4.69) is 47.2 Å². The van der Waals surface area contributed by atoms with Crippen molar-refractivity contribution in [2.24, 2.45) is 0 Å². The van der Waals surface area contributed by atoms with Crippen LogP contribution in [0.15, 0.2) is 21.5 Å². The maximum absolute atomic E-state index is 12.0. The summed E-state index contributed by atoms with van der Waals surface area (Å²) in [6, 6.07) is 4.68. The average Bonchev–Trinajstić information content (AvgIpc) is 2.42. The summed E-state index contributed by atoms with van der Waals surface area (Å²) in [4.78, 5) is 13.2. The van der Waals surface area contributed by atoms with Crippen LogP contribution in [0, 0.1) is 13.8 Å². The zero-order chi connectivity index (χ0) is 14.5. The molecule has 2 rings (SSSR count). The Kier molecular flexibility index (Phi) is 5.97. The topological polar surface area (TPSA) is 29.1 Å². The minimum atomic E-state index is 0.168. The van der Waals surface area contributed by atoms with Gasteiger partial charge in [-0.15, -0.1) is 11.8 Å². The van der Waals surface area contributed by atoms with Gasteiger partial charge in [-0.1, -0.05) is 35.2 Å². The van der Waals surface area contributed by atoms with E-state index in [1.165, 1.54) is 35.3 Å². The van der Waals surface area contributed by atoms with Crippen molar-refractivity contribution in [3.8, 4) is 0 Å². The number of aryl methyl sites for hydroxylation is 2. The fraction of sp³-hybridized carbons (Fsp3) is 0.562. The summed E-state index contributed by atoms with van der Waals surface area (Å²) < 4.78 is 1.13. The van der Waals surface area contributed by atoms with Crippen molar-refractivity contribution in [1.29, 1.82) is 0 Å². The van der Waals surface area contributed by atoms with Gasteiger partial charge in [0.15, 0.2) is 0 Å². The first-order valence-corrected chi connectivity index (χ1v) is 9.03. The number of halogens is 1. The fourth-order valence-electron chi connectivity index (χ4n) is 2.57.